The molecule has 2 aromatic carbocycles. The van der Waals surface area contributed by atoms with Gasteiger partial charge in [-0.25, -0.2) is 4.79 Å². The molecule has 0 spiro atoms. The lowest BCUT2D eigenvalue weighted by atomic mass is 10.0. The van der Waals surface area contributed by atoms with E-state index in [1.54, 1.807) is 36.4 Å². The third kappa shape index (κ3) is 5.49. The van der Waals surface area contributed by atoms with Gasteiger partial charge in [0, 0.05) is 56.1 Å². The van der Waals surface area contributed by atoms with Crippen molar-refractivity contribution in [2.24, 2.45) is 14.1 Å². The molecule has 0 saturated carbocycles. The van der Waals surface area contributed by atoms with Crippen LogP contribution in [0.15, 0.2) is 67.9 Å². The molecule has 2 aliphatic heterocycles. The van der Waals surface area contributed by atoms with Crippen LogP contribution in [0, 0.1) is 0 Å². The zero-order valence-corrected chi connectivity index (χ0v) is 23.5. The second-order valence-corrected chi connectivity index (χ2v) is 11.4. The molecule has 3 heterocycles. The first kappa shape index (κ1) is 27.1. The van der Waals surface area contributed by atoms with Crippen molar-refractivity contribution in [3.05, 3.63) is 74.9 Å². The van der Waals surface area contributed by atoms with Crippen LogP contribution < -0.4 is 21.0 Å². The van der Waals surface area contributed by atoms with Gasteiger partial charge in [0.05, 0.1) is 17.3 Å². The van der Waals surface area contributed by atoms with E-state index < -0.39 is 11.9 Å². The number of fused-ring (bicyclic) bond motifs is 2. The highest BCUT2D eigenvalue weighted by molar-refractivity contribution is 7.99. The summed E-state index contributed by atoms with van der Waals surface area (Å²) in [6.45, 7) is 6.83. The van der Waals surface area contributed by atoms with E-state index in [0.717, 1.165) is 78.5 Å². The fourth-order valence-electron chi connectivity index (χ4n) is 5.40. The molecule has 1 atom stereocenters. The van der Waals surface area contributed by atoms with Crippen LogP contribution in [0.3, 0.4) is 0 Å². The van der Waals surface area contributed by atoms with Gasteiger partial charge < -0.3 is 19.8 Å². The normalized spacial score (nSPS) is 16.4. The van der Waals surface area contributed by atoms with Crippen LogP contribution in [0.25, 0.3) is 0 Å². The minimum atomic E-state index is -0.823. The quantitative estimate of drug-likeness (QED) is 0.479. The Labute approximate surface area is 232 Å². The van der Waals surface area contributed by atoms with Crippen molar-refractivity contribution in [3.8, 4) is 0 Å². The number of rotatable bonds is 7. The van der Waals surface area contributed by atoms with Crippen LogP contribution >= 0.6 is 11.8 Å². The third-order valence-electron chi connectivity index (χ3n) is 7.79. The molecule has 5 rings (SSSR count). The Kier molecular flexibility index (Phi) is 7.86. The first-order valence-electron chi connectivity index (χ1n) is 13.4. The molecular weight excluding hydrogens is 514 g/mol. The van der Waals surface area contributed by atoms with Crippen molar-refractivity contribution < 1.29 is 9.90 Å². The number of nitrogens with zero attached hydrogens (tertiary/aromatic N) is 5. The van der Waals surface area contributed by atoms with Crippen molar-refractivity contribution in [1.29, 1.82) is 0 Å². The van der Waals surface area contributed by atoms with Crippen molar-refractivity contribution >= 4 is 34.9 Å². The fourth-order valence-corrected chi connectivity index (χ4v) is 6.48. The molecule has 0 bridgehead atoms. The van der Waals surface area contributed by atoms with E-state index in [1.165, 1.54) is 11.9 Å². The fraction of sp³-hybridized carbons (Fsp3) is 0.414. The van der Waals surface area contributed by atoms with Gasteiger partial charge in [-0.2, -0.15) is 0 Å². The third-order valence-corrected chi connectivity index (χ3v) is 8.92. The highest BCUT2D eigenvalue weighted by Crippen LogP contribution is 2.48. The van der Waals surface area contributed by atoms with Crippen molar-refractivity contribution in [2.75, 3.05) is 49.1 Å². The molecule has 3 aromatic rings. The van der Waals surface area contributed by atoms with Gasteiger partial charge in [-0.05, 0) is 62.7 Å². The Morgan fingerprint density at radius 1 is 0.923 bits per heavy atom. The Hall–Kier alpha value is -3.50. The molecule has 1 saturated heterocycles. The van der Waals surface area contributed by atoms with Gasteiger partial charge in [-0.1, -0.05) is 30.0 Å². The highest BCUT2D eigenvalue weighted by Gasteiger charge is 2.26. The molecule has 39 heavy (non-hydrogen) atoms. The van der Waals surface area contributed by atoms with Gasteiger partial charge >= 0.3 is 11.7 Å². The average molecular weight is 550 g/mol. The Balaban J connectivity index is 1.28. The molecule has 0 amide bonds. The summed E-state index contributed by atoms with van der Waals surface area (Å²) in [5, 5.41) is 9.56. The van der Waals surface area contributed by atoms with E-state index in [1.807, 2.05) is 18.2 Å². The monoisotopic (exact) mass is 549 g/mol. The molecule has 1 N–H and O–H groups in total. The summed E-state index contributed by atoms with van der Waals surface area (Å²) < 4.78 is 2.69. The lowest BCUT2D eigenvalue weighted by Crippen LogP contribution is -2.41. The van der Waals surface area contributed by atoms with Crippen molar-refractivity contribution in [2.45, 2.75) is 35.5 Å². The zero-order valence-electron chi connectivity index (χ0n) is 22.7. The van der Waals surface area contributed by atoms with E-state index in [9.17, 15) is 19.5 Å². The van der Waals surface area contributed by atoms with Crippen LogP contribution in [0.4, 0.5) is 17.2 Å². The summed E-state index contributed by atoms with van der Waals surface area (Å²) in [6, 6.07) is 15.9. The predicted octanol–water partition coefficient (Wildman–Crippen LogP) is 3.48. The number of benzene rings is 2. The topological polar surface area (TPSA) is 91.0 Å². The molecule has 1 aromatic heterocycles. The maximum Gasteiger partial charge on any atom is 0.332 e. The van der Waals surface area contributed by atoms with Gasteiger partial charge in [0.25, 0.3) is 5.56 Å². The van der Waals surface area contributed by atoms with E-state index in [2.05, 4.69) is 39.0 Å². The van der Waals surface area contributed by atoms with Crippen molar-refractivity contribution in [3.63, 3.8) is 0 Å². The number of para-hydroxylation sites is 1. The number of carbonyl (C=O) groups is 1. The second kappa shape index (κ2) is 11.3. The Morgan fingerprint density at radius 2 is 1.69 bits per heavy atom. The van der Waals surface area contributed by atoms with Crippen LogP contribution in [0.1, 0.15) is 31.2 Å². The summed E-state index contributed by atoms with van der Waals surface area (Å²) in [4.78, 5) is 45.6. The van der Waals surface area contributed by atoms with E-state index >= 15 is 0 Å². The highest BCUT2D eigenvalue weighted by atomic mass is 32.2. The molecule has 206 valence electrons. The molecule has 9 nitrogen and oxygen atoms in total. The number of aromatic nitrogens is 2. The van der Waals surface area contributed by atoms with E-state index in [4.69, 9.17) is 0 Å². The molecule has 1 unspecified atom stereocenters. The summed E-state index contributed by atoms with van der Waals surface area (Å²) in [6.07, 6.45) is 1.90. The van der Waals surface area contributed by atoms with Gasteiger partial charge in [0.2, 0.25) is 0 Å². The zero-order chi connectivity index (χ0) is 27.7. The smallest absolute Gasteiger partial charge is 0.332 e. The first-order chi connectivity index (χ1) is 18.7. The van der Waals surface area contributed by atoms with Gasteiger partial charge in [-0.3, -0.25) is 18.7 Å². The lowest BCUT2D eigenvalue weighted by molar-refractivity contribution is -0.138. The minimum Gasteiger partial charge on any atom is -0.481 e. The van der Waals surface area contributed by atoms with Gasteiger partial charge in [0.1, 0.15) is 5.82 Å². The standard InChI is InChI=1S/C29H35N5O4S/c1-20(28(36)37)21-10-11-25-23(18-21)34(22-8-4-5-9-24(22)39-25)15-7-13-32-12-6-14-33(17-16-32)26-19-27(35)31(3)29(38)30(26)2/h4-5,8-11,18-20H,6-7,12-17H2,1-3H3,(H,36,37). The number of anilines is 3. The van der Waals surface area contributed by atoms with Gasteiger partial charge in [0.15, 0.2) is 0 Å². The molecule has 0 radical (unpaired) electrons. The average Bonchev–Trinajstić information content (AvgIpc) is 3.18. The SMILES string of the molecule is CC(C(=O)O)c1ccc2c(c1)N(CCCN1CCCN(c3cc(=O)n(C)c(=O)n3C)CC1)c1ccccc1S2. The summed E-state index contributed by atoms with van der Waals surface area (Å²) in [5.74, 6) is -0.712. The second-order valence-electron chi connectivity index (χ2n) is 10.3. The minimum absolute atomic E-state index is 0.282. The summed E-state index contributed by atoms with van der Waals surface area (Å²) in [7, 11) is 3.22. The summed E-state index contributed by atoms with van der Waals surface area (Å²) in [5.41, 5.74) is 2.45. The van der Waals surface area contributed by atoms with Crippen LogP contribution in [-0.4, -0.2) is 64.4 Å². The number of carboxylic acids is 1. The molecule has 10 heteroatoms. The molecule has 0 aliphatic carbocycles. The maximum atomic E-state index is 12.4. The maximum absolute atomic E-state index is 12.4. The largest absolute Gasteiger partial charge is 0.481 e. The van der Waals surface area contributed by atoms with Crippen LogP contribution in [-0.2, 0) is 18.9 Å². The number of carboxylic acid groups (broad SMARTS) is 1. The molecular formula is C29H35N5O4S. The van der Waals surface area contributed by atoms with Gasteiger partial charge in [-0.15, -0.1) is 0 Å². The van der Waals surface area contributed by atoms with E-state index in [0.29, 0.717) is 5.82 Å². The number of hydrogen-bond acceptors (Lipinski definition) is 7. The van der Waals surface area contributed by atoms with Crippen LogP contribution in [0.2, 0.25) is 0 Å². The number of hydrogen-bond donors (Lipinski definition) is 1. The first-order valence-corrected chi connectivity index (χ1v) is 14.2. The van der Waals surface area contributed by atoms with Crippen molar-refractivity contribution in [1.82, 2.24) is 14.0 Å². The Morgan fingerprint density at radius 3 is 2.49 bits per heavy atom. The number of aliphatic carboxylic acids is 1. The predicted molar refractivity (Wildman–Crippen MR) is 155 cm³/mol. The Bertz CT molecular complexity index is 1500. The molecule has 2 aliphatic rings. The summed E-state index contributed by atoms with van der Waals surface area (Å²) >= 11 is 1.73. The molecule has 1 fully saturated rings. The van der Waals surface area contributed by atoms with E-state index in [-0.39, 0.29) is 11.2 Å². The van der Waals surface area contributed by atoms with Crippen LogP contribution in [0.5, 0.6) is 0 Å². The lowest BCUT2D eigenvalue weighted by Gasteiger charge is -2.34.